The van der Waals surface area contributed by atoms with Crippen molar-refractivity contribution in [1.29, 1.82) is 0 Å². The number of rotatable bonds is 0. The maximum atomic E-state index is 10.5. The van der Waals surface area contributed by atoms with Crippen LogP contribution in [0.25, 0.3) is 0 Å². The fourth-order valence-corrected chi connectivity index (χ4v) is 2.43. The first-order valence-electron chi connectivity index (χ1n) is 8.24. The fraction of sp³-hybridized carbons (Fsp3) is 0.667. The molecule has 3 aliphatic carbocycles. The lowest BCUT2D eigenvalue weighted by Crippen LogP contribution is -2.04. The Balaban J connectivity index is 0.000000157. The average Bonchev–Trinajstić information content (AvgIpc) is 2.51. The van der Waals surface area contributed by atoms with Crippen molar-refractivity contribution in [2.45, 2.75) is 76.7 Å². The minimum absolute atomic E-state index is 0.145. The monoisotopic (exact) mass is 292 g/mol. The van der Waals surface area contributed by atoms with Crippen LogP contribution in [0.4, 0.5) is 0 Å². The van der Waals surface area contributed by atoms with Gasteiger partial charge in [-0.1, -0.05) is 24.6 Å². The van der Waals surface area contributed by atoms with Gasteiger partial charge in [0.1, 0.15) is 5.78 Å². The molecule has 3 rings (SSSR count). The van der Waals surface area contributed by atoms with Crippen LogP contribution >= 0.6 is 0 Å². The maximum Gasteiger partial charge on any atom is 0.155 e. The highest BCUT2D eigenvalue weighted by molar-refractivity contribution is 5.90. The number of aliphatic hydroxyl groups excluding tert-OH is 1. The van der Waals surface area contributed by atoms with Crippen LogP contribution in [-0.4, -0.2) is 22.8 Å². The molecule has 1 unspecified atom stereocenters. The Kier molecular flexibility index (Phi) is 9.71. The normalized spacial score (nSPS) is 24.5. The van der Waals surface area contributed by atoms with Gasteiger partial charge in [0.25, 0.3) is 0 Å². The van der Waals surface area contributed by atoms with Gasteiger partial charge in [-0.2, -0.15) is 0 Å². The minimum atomic E-state index is -0.145. The molecule has 0 heterocycles. The molecule has 1 saturated carbocycles. The van der Waals surface area contributed by atoms with Crippen molar-refractivity contribution in [3.05, 3.63) is 24.3 Å². The third kappa shape index (κ3) is 10.2. The van der Waals surface area contributed by atoms with E-state index in [9.17, 15) is 9.59 Å². The number of hydrogen-bond acceptors (Lipinski definition) is 3. The Morgan fingerprint density at radius 1 is 0.857 bits per heavy atom. The molecule has 0 radical (unpaired) electrons. The van der Waals surface area contributed by atoms with E-state index >= 15 is 0 Å². The molecule has 3 nitrogen and oxygen atoms in total. The van der Waals surface area contributed by atoms with Crippen molar-refractivity contribution in [3.8, 4) is 0 Å². The average molecular weight is 292 g/mol. The second-order valence-corrected chi connectivity index (χ2v) is 5.79. The van der Waals surface area contributed by atoms with Gasteiger partial charge in [0, 0.05) is 19.3 Å². The molecule has 0 aromatic heterocycles. The second kappa shape index (κ2) is 11.4. The molecule has 0 spiro atoms. The lowest BCUT2D eigenvalue weighted by atomic mass is 10.00. The first-order chi connectivity index (χ1) is 10.2. The van der Waals surface area contributed by atoms with Crippen molar-refractivity contribution in [2.75, 3.05) is 0 Å². The fourth-order valence-electron chi connectivity index (χ4n) is 2.43. The molecule has 1 atom stereocenters. The van der Waals surface area contributed by atoms with Crippen molar-refractivity contribution >= 4 is 11.6 Å². The highest BCUT2D eigenvalue weighted by Gasteiger charge is 2.06. The largest absolute Gasteiger partial charge is 0.389 e. The summed E-state index contributed by atoms with van der Waals surface area (Å²) in [5.41, 5.74) is 0. The molecule has 0 saturated heterocycles. The number of ketones is 2. The summed E-state index contributed by atoms with van der Waals surface area (Å²) >= 11 is 0. The zero-order valence-corrected chi connectivity index (χ0v) is 12.9. The highest BCUT2D eigenvalue weighted by Crippen LogP contribution is 2.12. The number of carbonyl (C=O) groups excluding carboxylic acids is 2. The molecule has 118 valence electrons. The number of aliphatic hydroxyl groups is 1. The first-order valence-corrected chi connectivity index (χ1v) is 8.24. The molecule has 1 fully saturated rings. The van der Waals surface area contributed by atoms with Gasteiger partial charge in [0.15, 0.2) is 5.78 Å². The maximum absolute atomic E-state index is 10.5. The SMILES string of the molecule is O=C1C=CCCC1.O=C1CCCCC1.OC1C=CCCC1. The van der Waals surface area contributed by atoms with Crippen LogP contribution in [0.5, 0.6) is 0 Å². The summed E-state index contributed by atoms with van der Waals surface area (Å²) in [6.07, 6.45) is 18.8. The van der Waals surface area contributed by atoms with E-state index in [1.54, 1.807) is 6.08 Å². The number of carbonyl (C=O) groups is 2. The molecule has 0 amide bonds. The summed E-state index contributed by atoms with van der Waals surface area (Å²) in [7, 11) is 0. The van der Waals surface area contributed by atoms with Crippen molar-refractivity contribution in [2.24, 2.45) is 0 Å². The van der Waals surface area contributed by atoms with E-state index in [0.29, 0.717) is 5.78 Å². The van der Waals surface area contributed by atoms with E-state index < -0.39 is 0 Å². The third-order valence-electron chi connectivity index (χ3n) is 3.74. The van der Waals surface area contributed by atoms with E-state index in [-0.39, 0.29) is 11.9 Å². The Bertz CT molecular complexity index is 361. The van der Waals surface area contributed by atoms with Crippen LogP contribution in [-0.2, 0) is 9.59 Å². The van der Waals surface area contributed by atoms with Gasteiger partial charge in [-0.25, -0.2) is 0 Å². The summed E-state index contributed by atoms with van der Waals surface area (Å²) in [5, 5.41) is 8.82. The molecule has 1 N–H and O–H groups in total. The van der Waals surface area contributed by atoms with Crippen molar-refractivity contribution < 1.29 is 14.7 Å². The molecular formula is C18H28O3. The lowest BCUT2D eigenvalue weighted by Gasteiger charge is -2.07. The summed E-state index contributed by atoms with van der Waals surface area (Å²) in [6.45, 7) is 0. The molecule has 0 bridgehead atoms. The van der Waals surface area contributed by atoms with E-state index in [1.165, 1.54) is 6.42 Å². The summed E-state index contributed by atoms with van der Waals surface area (Å²) in [6, 6.07) is 0. The molecule has 0 aromatic rings. The van der Waals surface area contributed by atoms with Gasteiger partial charge in [-0.15, -0.1) is 0 Å². The zero-order chi connectivity index (χ0) is 15.3. The predicted octanol–water partition coefficient (Wildman–Crippen LogP) is 3.90. The van der Waals surface area contributed by atoms with E-state index in [4.69, 9.17) is 5.11 Å². The van der Waals surface area contributed by atoms with Crippen molar-refractivity contribution in [3.63, 3.8) is 0 Å². The molecule has 0 aromatic carbocycles. The highest BCUT2D eigenvalue weighted by atomic mass is 16.3. The minimum Gasteiger partial charge on any atom is -0.389 e. The van der Waals surface area contributed by atoms with Crippen molar-refractivity contribution in [1.82, 2.24) is 0 Å². The summed E-state index contributed by atoms with van der Waals surface area (Å²) in [4.78, 5) is 20.8. The molecule has 21 heavy (non-hydrogen) atoms. The van der Waals surface area contributed by atoms with E-state index in [1.807, 2.05) is 18.2 Å². The number of hydrogen-bond donors (Lipinski definition) is 1. The van der Waals surface area contributed by atoms with Gasteiger partial charge in [0.2, 0.25) is 0 Å². The Labute approximate surface area is 128 Å². The standard InChI is InChI=1S/2C6H10O.C6H8O/c3*7-6-4-2-1-3-5-6/h1-5H2;2,4,6-7H,1,3,5H2;2,4H,1,3,5H2. The summed E-state index contributed by atoms with van der Waals surface area (Å²) < 4.78 is 0. The Morgan fingerprint density at radius 3 is 1.86 bits per heavy atom. The zero-order valence-electron chi connectivity index (χ0n) is 12.9. The molecule has 0 aliphatic heterocycles. The quantitative estimate of drug-likeness (QED) is 0.689. The van der Waals surface area contributed by atoms with Gasteiger partial charge in [0.05, 0.1) is 6.10 Å². The molecular weight excluding hydrogens is 264 g/mol. The van der Waals surface area contributed by atoms with Crippen LogP contribution in [0.2, 0.25) is 0 Å². The van der Waals surface area contributed by atoms with Gasteiger partial charge < -0.3 is 5.11 Å². The Hall–Kier alpha value is -1.22. The number of Topliss-reactive ketones (excluding diaryl/α,β-unsaturated/α-hetero) is 1. The van der Waals surface area contributed by atoms with Gasteiger partial charge >= 0.3 is 0 Å². The number of allylic oxidation sites excluding steroid dienone is 3. The Morgan fingerprint density at radius 2 is 1.57 bits per heavy atom. The molecule has 3 aliphatic rings. The van der Waals surface area contributed by atoms with Gasteiger partial charge in [-0.3, -0.25) is 9.59 Å². The molecule has 3 heteroatoms. The van der Waals surface area contributed by atoms with E-state index in [0.717, 1.165) is 64.2 Å². The lowest BCUT2D eigenvalue weighted by molar-refractivity contribution is -0.120. The van der Waals surface area contributed by atoms with E-state index in [2.05, 4.69) is 0 Å². The van der Waals surface area contributed by atoms with Crippen LogP contribution in [0.1, 0.15) is 70.6 Å². The second-order valence-electron chi connectivity index (χ2n) is 5.79. The van der Waals surface area contributed by atoms with Crippen LogP contribution < -0.4 is 0 Å². The first kappa shape index (κ1) is 17.8. The smallest absolute Gasteiger partial charge is 0.155 e. The van der Waals surface area contributed by atoms with Crippen LogP contribution in [0, 0.1) is 0 Å². The van der Waals surface area contributed by atoms with Crippen LogP contribution in [0.15, 0.2) is 24.3 Å². The third-order valence-corrected chi connectivity index (χ3v) is 3.74. The topological polar surface area (TPSA) is 54.4 Å². The van der Waals surface area contributed by atoms with Crippen LogP contribution in [0.3, 0.4) is 0 Å². The van der Waals surface area contributed by atoms with Gasteiger partial charge in [-0.05, 0) is 51.0 Å². The predicted molar refractivity (Wildman–Crippen MR) is 85.1 cm³/mol. The summed E-state index contributed by atoms with van der Waals surface area (Å²) in [5.74, 6) is 0.748.